The van der Waals surface area contributed by atoms with Crippen molar-refractivity contribution in [3.05, 3.63) is 29.6 Å². The summed E-state index contributed by atoms with van der Waals surface area (Å²) in [6, 6.07) is 1.23. The van der Waals surface area contributed by atoms with Gasteiger partial charge in [0.15, 0.2) is 0 Å². The molecule has 1 heterocycles. The summed E-state index contributed by atoms with van der Waals surface area (Å²) in [5.41, 5.74) is 1.88. The smallest absolute Gasteiger partial charge is 0.321 e. The lowest BCUT2D eigenvalue weighted by atomic mass is 10.1. The number of amides is 3. The zero-order valence-electron chi connectivity index (χ0n) is 11.9. The van der Waals surface area contributed by atoms with E-state index in [0.29, 0.717) is 19.4 Å². The highest BCUT2D eigenvalue weighted by Crippen LogP contribution is 2.04. The second-order valence-corrected chi connectivity index (χ2v) is 4.63. The highest BCUT2D eigenvalue weighted by atomic mass is 16.4. The molecule has 1 aromatic heterocycles. The monoisotopic (exact) mass is 293 g/mol. The molecule has 0 saturated heterocycles. The van der Waals surface area contributed by atoms with Gasteiger partial charge in [0.1, 0.15) is 0 Å². The van der Waals surface area contributed by atoms with Gasteiger partial charge in [-0.15, -0.1) is 0 Å². The Balaban J connectivity index is 2.22. The fourth-order valence-corrected chi connectivity index (χ4v) is 1.67. The Morgan fingerprint density at radius 2 is 1.95 bits per heavy atom. The van der Waals surface area contributed by atoms with Crippen molar-refractivity contribution in [3.63, 3.8) is 0 Å². The van der Waals surface area contributed by atoms with Crippen LogP contribution in [-0.2, 0) is 16.1 Å². The number of urea groups is 1. The average Bonchev–Trinajstić information content (AvgIpc) is 2.42. The van der Waals surface area contributed by atoms with Crippen LogP contribution in [-0.4, -0.2) is 28.0 Å². The predicted octanol–water partition coefficient (Wildman–Crippen LogP) is 1.36. The Labute approximate surface area is 122 Å². The van der Waals surface area contributed by atoms with Gasteiger partial charge >= 0.3 is 12.0 Å². The van der Waals surface area contributed by atoms with Crippen molar-refractivity contribution < 1.29 is 19.5 Å². The summed E-state index contributed by atoms with van der Waals surface area (Å²) in [6.07, 6.45) is 4.35. The normalized spacial score (nSPS) is 9.95. The van der Waals surface area contributed by atoms with E-state index in [-0.39, 0.29) is 12.8 Å². The number of carboxylic acids is 1. The number of hydrogen-bond acceptors (Lipinski definition) is 4. The summed E-state index contributed by atoms with van der Waals surface area (Å²) >= 11 is 0. The maximum absolute atomic E-state index is 11.5. The van der Waals surface area contributed by atoms with Crippen molar-refractivity contribution in [2.24, 2.45) is 0 Å². The molecule has 0 aliphatic rings. The Bertz CT molecular complexity index is 517. The summed E-state index contributed by atoms with van der Waals surface area (Å²) in [4.78, 5) is 37.2. The number of nitrogens with one attached hydrogen (secondary N) is 2. The number of imide groups is 1. The molecule has 114 valence electrons. The van der Waals surface area contributed by atoms with Gasteiger partial charge in [-0.05, 0) is 37.0 Å². The number of unbranched alkanes of at least 4 members (excludes halogenated alkanes) is 1. The molecular weight excluding hydrogens is 274 g/mol. The van der Waals surface area contributed by atoms with E-state index in [1.165, 1.54) is 0 Å². The molecule has 0 radical (unpaired) electrons. The van der Waals surface area contributed by atoms with Crippen LogP contribution < -0.4 is 10.6 Å². The maximum atomic E-state index is 11.5. The van der Waals surface area contributed by atoms with Crippen LogP contribution in [0.25, 0.3) is 0 Å². The van der Waals surface area contributed by atoms with E-state index in [1.807, 2.05) is 6.92 Å². The molecule has 0 fully saturated rings. The van der Waals surface area contributed by atoms with Crippen LogP contribution >= 0.6 is 0 Å². The van der Waals surface area contributed by atoms with Crippen LogP contribution in [0, 0.1) is 6.92 Å². The minimum atomic E-state index is -0.888. The van der Waals surface area contributed by atoms with Crippen molar-refractivity contribution in [3.8, 4) is 0 Å². The topological polar surface area (TPSA) is 108 Å². The van der Waals surface area contributed by atoms with Crippen molar-refractivity contribution in [2.75, 3.05) is 0 Å². The van der Waals surface area contributed by atoms with Gasteiger partial charge in [0.25, 0.3) is 0 Å². The van der Waals surface area contributed by atoms with Crippen molar-refractivity contribution in [1.29, 1.82) is 0 Å². The lowest BCUT2D eigenvalue weighted by Crippen LogP contribution is -2.39. The molecule has 0 aromatic carbocycles. The number of aromatic nitrogens is 1. The van der Waals surface area contributed by atoms with Crippen molar-refractivity contribution in [1.82, 2.24) is 15.6 Å². The van der Waals surface area contributed by atoms with E-state index in [2.05, 4.69) is 15.6 Å². The molecule has 7 heteroatoms. The SMILES string of the molecule is Cc1cnccc1CNC(=O)NC(=O)CCCCC(=O)O. The third-order valence-electron chi connectivity index (χ3n) is 2.87. The number of rotatable bonds is 7. The Kier molecular flexibility index (Phi) is 6.86. The van der Waals surface area contributed by atoms with Gasteiger partial charge in [0.05, 0.1) is 0 Å². The molecule has 0 unspecified atom stereocenters. The summed E-state index contributed by atoms with van der Waals surface area (Å²) in [5, 5.41) is 13.2. The first-order valence-corrected chi connectivity index (χ1v) is 6.68. The molecular formula is C14H19N3O4. The molecule has 1 aromatic rings. The first-order valence-electron chi connectivity index (χ1n) is 6.68. The minimum Gasteiger partial charge on any atom is -0.481 e. The summed E-state index contributed by atoms with van der Waals surface area (Å²) < 4.78 is 0. The number of aryl methyl sites for hydroxylation is 1. The third-order valence-corrected chi connectivity index (χ3v) is 2.87. The van der Waals surface area contributed by atoms with Crippen molar-refractivity contribution >= 4 is 17.9 Å². The number of hydrogen-bond donors (Lipinski definition) is 3. The second kappa shape index (κ2) is 8.68. The summed E-state index contributed by atoms with van der Waals surface area (Å²) in [6.45, 7) is 2.20. The van der Waals surface area contributed by atoms with Gasteiger partial charge < -0.3 is 10.4 Å². The molecule has 0 aliphatic heterocycles. The molecule has 3 N–H and O–H groups in total. The van der Waals surface area contributed by atoms with E-state index in [4.69, 9.17) is 5.11 Å². The van der Waals surface area contributed by atoms with Gasteiger partial charge in [-0.25, -0.2) is 4.79 Å². The highest BCUT2D eigenvalue weighted by Gasteiger charge is 2.08. The lowest BCUT2D eigenvalue weighted by Gasteiger charge is -2.08. The van der Waals surface area contributed by atoms with Crippen LogP contribution in [0.3, 0.4) is 0 Å². The average molecular weight is 293 g/mol. The van der Waals surface area contributed by atoms with Crippen molar-refractivity contribution in [2.45, 2.75) is 39.2 Å². The van der Waals surface area contributed by atoms with Gasteiger partial charge in [0, 0.05) is 31.8 Å². The number of nitrogens with zero attached hydrogens (tertiary/aromatic N) is 1. The predicted molar refractivity (Wildman–Crippen MR) is 75.5 cm³/mol. The van der Waals surface area contributed by atoms with E-state index in [0.717, 1.165) is 11.1 Å². The summed E-state index contributed by atoms with van der Waals surface area (Å²) in [5.74, 6) is -1.30. The lowest BCUT2D eigenvalue weighted by molar-refractivity contribution is -0.137. The largest absolute Gasteiger partial charge is 0.481 e. The third kappa shape index (κ3) is 7.05. The highest BCUT2D eigenvalue weighted by molar-refractivity contribution is 5.94. The van der Waals surface area contributed by atoms with E-state index in [9.17, 15) is 14.4 Å². The van der Waals surface area contributed by atoms with Gasteiger partial charge in [-0.3, -0.25) is 19.9 Å². The molecule has 3 amide bonds. The number of pyridine rings is 1. The number of carboxylic acid groups (broad SMARTS) is 1. The van der Waals surface area contributed by atoms with Gasteiger partial charge in [0.2, 0.25) is 5.91 Å². The standard InChI is InChI=1S/C14H19N3O4/c1-10-8-15-7-6-11(10)9-16-14(21)17-12(18)4-2-3-5-13(19)20/h6-8H,2-5,9H2,1H3,(H,19,20)(H2,16,17,18,21). The summed E-state index contributed by atoms with van der Waals surface area (Å²) in [7, 11) is 0. The molecule has 7 nitrogen and oxygen atoms in total. The van der Waals surface area contributed by atoms with Gasteiger partial charge in [-0.2, -0.15) is 0 Å². The molecule has 21 heavy (non-hydrogen) atoms. The quantitative estimate of drug-likeness (QED) is 0.658. The Hall–Kier alpha value is -2.44. The Morgan fingerprint density at radius 1 is 1.24 bits per heavy atom. The van der Waals surface area contributed by atoms with E-state index >= 15 is 0 Å². The first kappa shape index (κ1) is 16.6. The van der Waals surface area contributed by atoms with Crippen LogP contribution in [0.15, 0.2) is 18.5 Å². The van der Waals surface area contributed by atoms with Crippen LogP contribution in [0.4, 0.5) is 4.79 Å². The zero-order chi connectivity index (χ0) is 15.7. The van der Waals surface area contributed by atoms with Crippen LogP contribution in [0.5, 0.6) is 0 Å². The molecule has 0 atom stereocenters. The zero-order valence-corrected chi connectivity index (χ0v) is 11.9. The van der Waals surface area contributed by atoms with E-state index < -0.39 is 17.9 Å². The molecule has 0 spiro atoms. The molecule has 1 rings (SSSR count). The second-order valence-electron chi connectivity index (χ2n) is 4.63. The Morgan fingerprint density at radius 3 is 2.62 bits per heavy atom. The van der Waals surface area contributed by atoms with E-state index in [1.54, 1.807) is 18.5 Å². The maximum Gasteiger partial charge on any atom is 0.321 e. The fraction of sp³-hybridized carbons (Fsp3) is 0.429. The molecule has 0 bridgehead atoms. The number of aliphatic carboxylic acids is 1. The number of carbonyl (C=O) groups is 3. The van der Waals surface area contributed by atoms with Crippen LogP contribution in [0.2, 0.25) is 0 Å². The number of carbonyl (C=O) groups excluding carboxylic acids is 2. The van der Waals surface area contributed by atoms with Gasteiger partial charge in [-0.1, -0.05) is 0 Å². The van der Waals surface area contributed by atoms with Crippen LogP contribution in [0.1, 0.15) is 36.8 Å². The fourth-order valence-electron chi connectivity index (χ4n) is 1.67. The molecule has 0 aliphatic carbocycles. The minimum absolute atomic E-state index is 0.0286. The first-order chi connectivity index (χ1) is 9.99. The molecule has 0 saturated carbocycles.